The highest BCUT2D eigenvalue weighted by Crippen LogP contribution is 2.19. The van der Waals surface area contributed by atoms with Crippen LogP contribution in [0.4, 0.5) is 8.78 Å². The lowest BCUT2D eigenvalue weighted by Crippen LogP contribution is -2.41. The van der Waals surface area contributed by atoms with E-state index < -0.39 is 44.0 Å². The van der Waals surface area contributed by atoms with E-state index >= 15 is 0 Å². The Labute approximate surface area is 140 Å². The third-order valence-electron chi connectivity index (χ3n) is 2.71. The zero-order chi connectivity index (χ0) is 17.2. The van der Waals surface area contributed by atoms with Crippen molar-refractivity contribution in [1.29, 1.82) is 0 Å². The van der Waals surface area contributed by atoms with Gasteiger partial charge in [-0.2, -0.15) is 0 Å². The lowest BCUT2D eigenvalue weighted by Gasteiger charge is -2.15. The molecule has 3 N–H and O–H groups in total. The Kier molecular flexibility index (Phi) is 7.53. The maximum absolute atomic E-state index is 13.0. The average Bonchev–Trinajstić information content (AvgIpc) is 2.45. The summed E-state index contributed by atoms with van der Waals surface area (Å²) in [6.45, 7) is -2.18. The van der Waals surface area contributed by atoms with Crippen LogP contribution in [-0.2, 0) is 20.0 Å². The predicted octanol–water partition coefficient (Wildman–Crippen LogP) is 0.231. The molecule has 0 atom stereocenters. The molecule has 0 spiro atoms. The van der Waals surface area contributed by atoms with Crippen molar-refractivity contribution in [2.45, 2.75) is 15.7 Å². The number of nitrogens with zero attached hydrogens (tertiary/aromatic N) is 1. The summed E-state index contributed by atoms with van der Waals surface area (Å²) >= 11 is 0. The standard InChI is InChI=1S/C11H17F2N3O4S2.ClH/c1-16(2)22(19,20)10-5-3-4-9(6-10)21(17,18)15-8-11(12,13)7-14;/h3-6,15H,7-8,14H2,1-2H3;1H. The van der Waals surface area contributed by atoms with Crippen LogP contribution in [0.5, 0.6) is 0 Å². The Balaban J connectivity index is 0.00000484. The Bertz CT molecular complexity index is 739. The van der Waals surface area contributed by atoms with Crippen molar-refractivity contribution in [3.8, 4) is 0 Å². The number of nitrogens with two attached hydrogens (primary N) is 1. The Morgan fingerprint density at radius 1 is 1.17 bits per heavy atom. The molecule has 23 heavy (non-hydrogen) atoms. The van der Waals surface area contributed by atoms with Gasteiger partial charge in [0.1, 0.15) is 0 Å². The van der Waals surface area contributed by atoms with Gasteiger partial charge in [0, 0.05) is 14.1 Å². The van der Waals surface area contributed by atoms with Crippen LogP contribution in [0.15, 0.2) is 34.1 Å². The van der Waals surface area contributed by atoms with Crippen LogP contribution in [0, 0.1) is 0 Å². The molecule has 0 radical (unpaired) electrons. The molecular weight excluding hydrogens is 376 g/mol. The van der Waals surface area contributed by atoms with Crippen LogP contribution >= 0.6 is 12.4 Å². The molecule has 0 aliphatic carbocycles. The fraction of sp³-hybridized carbons (Fsp3) is 0.455. The Hall–Kier alpha value is -0.850. The van der Waals surface area contributed by atoms with Gasteiger partial charge in [-0.05, 0) is 18.2 Å². The molecule has 0 unspecified atom stereocenters. The maximum Gasteiger partial charge on any atom is 0.273 e. The second-order valence-corrected chi connectivity index (χ2v) is 8.57. The SMILES string of the molecule is CN(C)S(=O)(=O)c1cccc(S(=O)(=O)NCC(F)(F)CN)c1.Cl. The largest absolute Gasteiger partial charge is 0.325 e. The second kappa shape index (κ2) is 7.81. The minimum Gasteiger partial charge on any atom is -0.325 e. The number of rotatable bonds is 7. The van der Waals surface area contributed by atoms with Gasteiger partial charge in [0.2, 0.25) is 20.0 Å². The number of nitrogens with one attached hydrogen (secondary N) is 1. The van der Waals surface area contributed by atoms with Crippen molar-refractivity contribution >= 4 is 32.5 Å². The maximum atomic E-state index is 13.0. The van der Waals surface area contributed by atoms with Crippen molar-refractivity contribution in [2.24, 2.45) is 5.73 Å². The summed E-state index contributed by atoms with van der Waals surface area (Å²) in [4.78, 5) is -0.686. The molecule has 1 aromatic carbocycles. The number of alkyl halides is 2. The quantitative estimate of drug-likeness (QED) is 0.689. The van der Waals surface area contributed by atoms with E-state index in [4.69, 9.17) is 5.73 Å². The monoisotopic (exact) mass is 393 g/mol. The first-order valence-corrected chi connectivity index (χ1v) is 8.95. The summed E-state index contributed by atoms with van der Waals surface area (Å²) in [6.07, 6.45) is 0. The zero-order valence-corrected chi connectivity index (χ0v) is 14.8. The van der Waals surface area contributed by atoms with Crippen molar-refractivity contribution in [3.05, 3.63) is 24.3 Å². The number of benzene rings is 1. The Morgan fingerprint density at radius 3 is 2.17 bits per heavy atom. The van der Waals surface area contributed by atoms with Gasteiger partial charge in [-0.25, -0.2) is 34.6 Å². The van der Waals surface area contributed by atoms with E-state index in [2.05, 4.69) is 0 Å². The molecule has 134 valence electrons. The molecule has 0 saturated heterocycles. The summed E-state index contributed by atoms with van der Waals surface area (Å²) in [7, 11) is -5.54. The van der Waals surface area contributed by atoms with Crippen LogP contribution in [0.25, 0.3) is 0 Å². The zero-order valence-electron chi connectivity index (χ0n) is 12.4. The highest BCUT2D eigenvalue weighted by molar-refractivity contribution is 7.90. The summed E-state index contributed by atoms with van der Waals surface area (Å²) in [6, 6.07) is 4.44. The highest BCUT2D eigenvalue weighted by atomic mass is 35.5. The van der Waals surface area contributed by atoms with Gasteiger partial charge in [0.25, 0.3) is 5.92 Å². The first-order chi connectivity index (χ1) is 9.92. The van der Waals surface area contributed by atoms with Crippen LogP contribution in [0.3, 0.4) is 0 Å². The molecule has 0 heterocycles. The lowest BCUT2D eigenvalue weighted by atomic mass is 10.3. The van der Waals surface area contributed by atoms with Crippen LogP contribution in [0.2, 0.25) is 0 Å². The van der Waals surface area contributed by atoms with E-state index in [9.17, 15) is 25.6 Å². The molecule has 1 aromatic rings. The number of hydrogen-bond acceptors (Lipinski definition) is 5. The molecule has 0 fully saturated rings. The number of halogens is 3. The molecule has 0 bridgehead atoms. The van der Waals surface area contributed by atoms with Crippen molar-refractivity contribution in [3.63, 3.8) is 0 Å². The van der Waals surface area contributed by atoms with Crippen LogP contribution in [0.1, 0.15) is 0 Å². The third kappa shape index (κ3) is 5.62. The second-order valence-electron chi connectivity index (χ2n) is 4.65. The van der Waals surface area contributed by atoms with Gasteiger partial charge >= 0.3 is 0 Å². The van der Waals surface area contributed by atoms with E-state index in [0.717, 1.165) is 16.4 Å². The summed E-state index contributed by atoms with van der Waals surface area (Å²) < 4.78 is 76.5. The van der Waals surface area contributed by atoms with Crippen molar-refractivity contribution in [1.82, 2.24) is 9.03 Å². The average molecular weight is 394 g/mol. The molecule has 0 aliphatic heterocycles. The highest BCUT2D eigenvalue weighted by Gasteiger charge is 2.30. The number of hydrogen-bond donors (Lipinski definition) is 2. The first-order valence-electron chi connectivity index (χ1n) is 6.02. The normalized spacial score (nSPS) is 13.0. The molecule has 7 nitrogen and oxygen atoms in total. The van der Waals surface area contributed by atoms with Gasteiger partial charge in [0.15, 0.2) is 0 Å². The molecule has 0 saturated carbocycles. The van der Waals surface area contributed by atoms with Gasteiger partial charge in [0.05, 0.1) is 22.9 Å². The minimum atomic E-state index is -4.28. The van der Waals surface area contributed by atoms with Crippen LogP contribution in [-0.4, -0.2) is 54.2 Å². The van der Waals surface area contributed by atoms with E-state index in [1.807, 2.05) is 0 Å². The van der Waals surface area contributed by atoms with Crippen molar-refractivity contribution < 1.29 is 25.6 Å². The first kappa shape index (κ1) is 22.1. The van der Waals surface area contributed by atoms with E-state index in [0.29, 0.717) is 0 Å². The van der Waals surface area contributed by atoms with E-state index in [1.54, 1.807) is 4.72 Å². The topological polar surface area (TPSA) is 110 Å². The van der Waals surface area contributed by atoms with Gasteiger partial charge in [-0.15, -0.1) is 12.4 Å². The van der Waals surface area contributed by atoms with Crippen molar-refractivity contribution in [2.75, 3.05) is 27.2 Å². The molecule has 0 aliphatic rings. The van der Waals surface area contributed by atoms with Gasteiger partial charge in [-0.3, -0.25) is 0 Å². The Morgan fingerprint density at radius 2 is 1.70 bits per heavy atom. The minimum absolute atomic E-state index is 0. The fourth-order valence-corrected chi connectivity index (χ4v) is 3.50. The third-order valence-corrected chi connectivity index (χ3v) is 5.92. The van der Waals surface area contributed by atoms with Crippen LogP contribution < -0.4 is 10.5 Å². The van der Waals surface area contributed by atoms with Gasteiger partial charge in [-0.1, -0.05) is 6.07 Å². The molecule has 0 amide bonds. The fourth-order valence-electron chi connectivity index (χ4n) is 1.37. The molecule has 1 rings (SSSR count). The number of sulfonamides is 2. The lowest BCUT2D eigenvalue weighted by molar-refractivity contribution is 0.0170. The summed E-state index contributed by atoms with van der Waals surface area (Å²) in [5, 5.41) is 0. The summed E-state index contributed by atoms with van der Waals surface area (Å²) in [5.74, 6) is -3.39. The predicted molar refractivity (Wildman–Crippen MR) is 83.8 cm³/mol. The molecular formula is C11H18ClF2N3O4S2. The van der Waals surface area contributed by atoms with E-state index in [-0.39, 0.29) is 17.3 Å². The smallest absolute Gasteiger partial charge is 0.273 e. The summed E-state index contributed by atoms with van der Waals surface area (Å²) in [5.41, 5.74) is 4.82. The van der Waals surface area contributed by atoms with E-state index in [1.165, 1.54) is 26.2 Å². The van der Waals surface area contributed by atoms with Gasteiger partial charge < -0.3 is 5.73 Å². The molecule has 0 aromatic heterocycles. The molecule has 12 heteroatoms.